The van der Waals surface area contributed by atoms with Crippen molar-refractivity contribution >= 4 is 11.6 Å². The number of rotatable bonds is 1. The van der Waals surface area contributed by atoms with Crippen LogP contribution in [0.25, 0.3) is 0 Å². The topological polar surface area (TPSA) is 80.4 Å². The zero-order valence-corrected chi connectivity index (χ0v) is 9.57. The lowest BCUT2D eigenvalue weighted by molar-refractivity contribution is -0.121. The van der Waals surface area contributed by atoms with E-state index < -0.39 is 0 Å². The fraction of sp³-hybridized carbons (Fsp3) is 0.600. The van der Waals surface area contributed by atoms with Gasteiger partial charge in [0.2, 0.25) is 5.91 Å². The molecule has 6 heteroatoms. The molecule has 0 spiro atoms. The second-order valence-electron chi connectivity index (χ2n) is 4.77. The van der Waals surface area contributed by atoms with E-state index in [4.69, 9.17) is 4.52 Å². The number of carbonyl (C=O) groups excluding carboxylic acids is 1. The molecule has 0 aromatic carbocycles. The predicted octanol–water partition coefficient (Wildman–Crippen LogP) is 0.981. The molecule has 1 N–H and O–H groups in total. The van der Waals surface area contributed by atoms with E-state index in [1.807, 2.05) is 20.8 Å². The third-order valence-corrected chi connectivity index (χ3v) is 2.25. The second kappa shape index (κ2) is 3.70. The van der Waals surface area contributed by atoms with Crippen molar-refractivity contribution in [2.75, 3.05) is 0 Å². The molecule has 0 atom stereocenters. The smallest absolute Gasteiger partial charge is 0.274 e. The average Bonchev–Trinajstić information content (AvgIpc) is 2.67. The maximum atomic E-state index is 10.9. The van der Waals surface area contributed by atoms with Crippen LogP contribution in [0.3, 0.4) is 0 Å². The van der Waals surface area contributed by atoms with E-state index >= 15 is 0 Å². The van der Waals surface area contributed by atoms with E-state index in [9.17, 15) is 4.79 Å². The first-order valence-electron chi connectivity index (χ1n) is 5.17. The number of nitrogens with one attached hydrogen (secondary N) is 1. The summed E-state index contributed by atoms with van der Waals surface area (Å²) in [6.45, 7) is 6.02. The number of amides is 1. The highest BCUT2D eigenvalue weighted by Crippen LogP contribution is 2.19. The Morgan fingerprint density at radius 2 is 2.06 bits per heavy atom. The fourth-order valence-corrected chi connectivity index (χ4v) is 1.27. The summed E-state index contributed by atoms with van der Waals surface area (Å²) < 4.78 is 5.12. The minimum atomic E-state index is -0.153. The lowest BCUT2D eigenvalue weighted by Crippen LogP contribution is -2.26. The van der Waals surface area contributed by atoms with E-state index in [0.717, 1.165) is 0 Å². The molecule has 0 unspecified atom stereocenters. The van der Waals surface area contributed by atoms with Crippen LogP contribution in [-0.4, -0.2) is 21.8 Å². The first kappa shape index (κ1) is 10.8. The van der Waals surface area contributed by atoms with Gasteiger partial charge < -0.3 is 4.52 Å². The summed E-state index contributed by atoms with van der Waals surface area (Å²) in [5.74, 6) is 0.950. The summed E-state index contributed by atoms with van der Waals surface area (Å²) >= 11 is 0. The van der Waals surface area contributed by atoms with Gasteiger partial charge in [-0.2, -0.15) is 10.1 Å². The standard InChI is InChI=1S/C10H14N4O2/c1-10(2,3)9-11-8(16-14-9)6-4-5-7(15)13-12-6/h4-5H2,1-3H3,(H,13,15). The number of hydrazone groups is 1. The number of hydrogen-bond donors (Lipinski definition) is 1. The third kappa shape index (κ3) is 2.10. The van der Waals surface area contributed by atoms with Crippen LogP contribution in [0.2, 0.25) is 0 Å². The first-order valence-corrected chi connectivity index (χ1v) is 5.17. The highest BCUT2D eigenvalue weighted by molar-refractivity contribution is 6.00. The Morgan fingerprint density at radius 3 is 2.56 bits per heavy atom. The largest absolute Gasteiger partial charge is 0.333 e. The third-order valence-electron chi connectivity index (χ3n) is 2.25. The molecule has 2 rings (SSSR count). The molecule has 6 nitrogen and oxygen atoms in total. The monoisotopic (exact) mass is 222 g/mol. The molecule has 0 bridgehead atoms. The quantitative estimate of drug-likeness (QED) is 0.768. The maximum absolute atomic E-state index is 10.9. The van der Waals surface area contributed by atoms with E-state index in [1.54, 1.807) is 0 Å². The molecule has 1 amide bonds. The van der Waals surface area contributed by atoms with Gasteiger partial charge in [0.1, 0.15) is 5.71 Å². The fourth-order valence-electron chi connectivity index (χ4n) is 1.27. The molecule has 1 aromatic rings. The number of aromatic nitrogens is 2. The normalized spacial score (nSPS) is 16.9. The highest BCUT2D eigenvalue weighted by Gasteiger charge is 2.24. The zero-order valence-electron chi connectivity index (χ0n) is 9.57. The molecule has 0 radical (unpaired) electrons. The van der Waals surface area contributed by atoms with Crippen LogP contribution in [0.1, 0.15) is 45.3 Å². The van der Waals surface area contributed by atoms with Crippen molar-refractivity contribution in [3.05, 3.63) is 11.7 Å². The lowest BCUT2D eigenvalue weighted by atomic mass is 9.96. The van der Waals surface area contributed by atoms with Crippen LogP contribution >= 0.6 is 0 Å². The van der Waals surface area contributed by atoms with E-state index in [2.05, 4.69) is 20.7 Å². The summed E-state index contributed by atoms with van der Waals surface area (Å²) in [5, 5.41) is 7.80. The Labute approximate surface area is 93.1 Å². The Bertz CT molecular complexity index is 442. The Morgan fingerprint density at radius 1 is 1.31 bits per heavy atom. The molecule has 16 heavy (non-hydrogen) atoms. The SMILES string of the molecule is CC(C)(C)c1noc(C2=NNC(=O)CC2)n1. The molecule has 0 fully saturated rings. The van der Waals surface area contributed by atoms with Gasteiger partial charge in [-0.3, -0.25) is 4.79 Å². The first-order chi connectivity index (χ1) is 7.47. The van der Waals surface area contributed by atoms with E-state index in [1.165, 1.54) is 0 Å². The van der Waals surface area contributed by atoms with Crippen LogP contribution in [0, 0.1) is 0 Å². The molecule has 0 saturated carbocycles. The van der Waals surface area contributed by atoms with Crippen molar-refractivity contribution < 1.29 is 9.32 Å². The van der Waals surface area contributed by atoms with Crippen LogP contribution in [0.5, 0.6) is 0 Å². The second-order valence-corrected chi connectivity index (χ2v) is 4.77. The molecular weight excluding hydrogens is 208 g/mol. The van der Waals surface area contributed by atoms with Crippen molar-refractivity contribution in [3.63, 3.8) is 0 Å². The van der Waals surface area contributed by atoms with Gasteiger partial charge in [-0.15, -0.1) is 0 Å². The molecule has 86 valence electrons. The van der Waals surface area contributed by atoms with Crippen molar-refractivity contribution in [1.29, 1.82) is 0 Å². The van der Waals surface area contributed by atoms with Crippen LogP contribution in [0.4, 0.5) is 0 Å². The molecule has 1 aliphatic rings. The van der Waals surface area contributed by atoms with Crippen molar-refractivity contribution in [1.82, 2.24) is 15.6 Å². The summed E-state index contributed by atoms with van der Waals surface area (Å²) in [7, 11) is 0. The summed E-state index contributed by atoms with van der Waals surface area (Å²) in [5.41, 5.74) is 2.89. The molecule has 1 aliphatic heterocycles. The highest BCUT2D eigenvalue weighted by atomic mass is 16.5. The summed E-state index contributed by atoms with van der Waals surface area (Å²) in [6, 6.07) is 0. The van der Waals surface area contributed by atoms with Gasteiger partial charge in [-0.25, -0.2) is 5.43 Å². The van der Waals surface area contributed by atoms with E-state index in [0.29, 0.717) is 30.3 Å². The molecule has 1 aromatic heterocycles. The predicted molar refractivity (Wildman–Crippen MR) is 56.9 cm³/mol. The van der Waals surface area contributed by atoms with Crippen LogP contribution in [-0.2, 0) is 10.2 Å². The van der Waals surface area contributed by atoms with Crippen molar-refractivity contribution in [3.8, 4) is 0 Å². The minimum absolute atomic E-state index is 0.0840. The minimum Gasteiger partial charge on any atom is -0.333 e. The van der Waals surface area contributed by atoms with E-state index in [-0.39, 0.29) is 11.3 Å². The summed E-state index contributed by atoms with van der Waals surface area (Å²) in [4.78, 5) is 15.2. The lowest BCUT2D eigenvalue weighted by Gasteiger charge is -2.11. The van der Waals surface area contributed by atoms with Gasteiger partial charge in [0.15, 0.2) is 5.82 Å². The van der Waals surface area contributed by atoms with Crippen LogP contribution < -0.4 is 5.43 Å². The Kier molecular flexibility index (Phi) is 2.49. The Hall–Kier alpha value is -1.72. The average molecular weight is 222 g/mol. The Balaban J connectivity index is 2.23. The molecular formula is C10H14N4O2. The van der Waals surface area contributed by atoms with Gasteiger partial charge in [0.05, 0.1) is 0 Å². The number of hydrogen-bond acceptors (Lipinski definition) is 5. The zero-order chi connectivity index (χ0) is 11.8. The van der Waals surface area contributed by atoms with Gasteiger partial charge in [0, 0.05) is 18.3 Å². The van der Waals surface area contributed by atoms with Gasteiger partial charge >= 0.3 is 0 Å². The van der Waals surface area contributed by atoms with Gasteiger partial charge in [-0.1, -0.05) is 25.9 Å². The maximum Gasteiger partial charge on any atom is 0.274 e. The summed E-state index contributed by atoms with van der Waals surface area (Å²) in [6.07, 6.45) is 0.948. The number of carbonyl (C=O) groups is 1. The molecule has 0 saturated heterocycles. The van der Waals surface area contributed by atoms with Crippen molar-refractivity contribution in [2.24, 2.45) is 5.10 Å². The van der Waals surface area contributed by atoms with Crippen molar-refractivity contribution in [2.45, 2.75) is 39.0 Å². The van der Waals surface area contributed by atoms with Gasteiger partial charge in [-0.05, 0) is 0 Å². The molecule has 2 heterocycles. The van der Waals surface area contributed by atoms with Gasteiger partial charge in [0.25, 0.3) is 5.89 Å². The van der Waals surface area contributed by atoms with Crippen LogP contribution in [0.15, 0.2) is 9.62 Å². The number of nitrogens with zero attached hydrogens (tertiary/aromatic N) is 3. The molecule has 0 aliphatic carbocycles.